The highest BCUT2D eigenvalue weighted by atomic mass is 16.5. The summed E-state index contributed by atoms with van der Waals surface area (Å²) in [7, 11) is 0. The number of aryl methyl sites for hydroxylation is 1. The molecule has 1 amide bonds. The molecule has 0 unspecified atom stereocenters. The number of benzene rings is 1. The minimum atomic E-state index is -0.0752. The van der Waals surface area contributed by atoms with E-state index < -0.39 is 0 Å². The smallest absolute Gasteiger partial charge is 0.289 e. The van der Waals surface area contributed by atoms with Gasteiger partial charge in [0.2, 0.25) is 5.82 Å². The van der Waals surface area contributed by atoms with Crippen molar-refractivity contribution in [2.45, 2.75) is 6.92 Å². The van der Waals surface area contributed by atoms with Crippen LogP contribution in [0.15, 0.2) is 69.9 Å². The van der Waals surface area contributed by atoms with Crippen LogP contribution in [0.5, 0.6) is 0 Å². The van der Waals surface area contributed by atoms with Crippen LogP contribution >= 0.6 is 0 Å². The largest absolute Gasteiger partial charge is 0.459 e. The number of hydrogen-bond donors (Lipinski definition) is 0. The topological polar surface area (TPSA) is 88.5 Å². The van der Waals surface area contributed by atoms with E-state index in [0.717, 1.165) is 22.5 Å². The van der Waals surface area contributed by atoms with Gasteiger partial charge < -0.3 is 18.7 Å². The Morgan fingerprint density at radius 1 is 1.00 bits per heavy atom. The lowest BCUT2D eigenvalue weighted by molar-refractivity contribution is 0.0714. The lowest BCUT2D eigenvalue weighted by atomic mass is 10.1. The number of hydrogen-bond acceptors (Lipinski definition) is 7. The first-order valence-corrected chi connectivity index (χ1v) is 10.1. The number of piperazine rings is 1. The number of nitrogens with zero attached hydrogens (tertiary/aromatic N) is 5. The van der Waals surface area contributed by atoms with E-state index in [9.17, 15) is 4.79 Å². The molecule has 8 heteroatoms. The molecule has 0 bridgehead atoms. The molecule has 4 aromatic rings. The number of aromatic nitrogens is 3. The van der Waals surface area contributed by atoms with Gasteiger partial charge in [-0.05, 0) is 37.3 Å². The van der Waals surface area contributed by atoms with Gasteiger partial charge in [0.05, 0.1) is 11.8 Å². The summed E-state index contributed by atoms with van der Waals surface area (Å²) in [6.45, 7) is 4.67. The molecular weight excluding hydrogens is 394 g/mol. The highest BCUT2D eigenvalue weighted by Gasteiger charge is 2.24. The highest BCUT2D eigenvalue weighted by molar-refractivity contribution is 5.91. The van der Waals surface area contributed by atoms with Gasteiger partial charge in [0.1, 0.15) is 5.82 Å². The average molecular weight is 415 g/mol. The zero-order chi connectivity index (χ0) is 21.2. The fourth-order valence-electron chi connectivity index (χ4n) is 3.64. The first-order valence-electron chi connectivity index (χ1n) is 10.1. The van der Waals surface area contributed by atoms with Crippen LogP contribution in [0.25, 0.3) is 22.8 Å². The van der Waals surface area contributed by atoms with Crippen LogP contribution in [0.1, 0.15) is 16.1 Å². The number of anilines is 1. The third-order valence-corrected chi connectivity index (χ3v) is 5.32. The van der Waals surface area contributed by atoms with Crippen LogP contribution < -0.4 is 4.90 Å². The van der Waals surface area contributed by atoms with Crippen LogP contribution in [0.2, 0.25) is 0 Å². The predicted octanol–water partition coefficient (Wildman–Crippen LogP) is 3.66. The molecule has 156 valence electrons. The lowest BCUT2D eigenvalue weighted by Gasteiger charge is -2.35. The molecule has 1 fully saturated rings. The van der Waals surface area contributed by atoms with E-state index >= 15 is 0 Å². The van der Waals surface area contributed by atoms with Gasteiger partial charge in [0.25, 0.3) is 11.8 Å². The van der Waals surface area contributed by atoms with E-state index in [-0.39, 0.29) is 5.91 Å². The van der Waals surface area contributed by atoms with Crippen molar-refractivity contribution in [2.24, 2.45) is 0 Å². The van der Waals surface area contributed by atoms with Gasteiger partial charge in [-0.15, -0.1) is 0 Å². The monoisotopic (exact) mass is 415 g/mol. The molecule has 1 aliphatic rings. The molecule has 0 N–H and O–H groups in total. The molecule has 4 heterocycles. The molecule has 5 rings (SSSR count). The van der Waals surface area contributed by atoms with Crippen LogP contribution in [0.4, 0.5) is 5.82 Å². The van der Waals surface area contributed by atoms with E-state index in [1.807, 2.05) is 43.3 Å². The van der Waals surface area contributed by atoms with Crippen molar-refractivity contribution in [3.05, 3.63) is 72.3 Å². The van der Waals surface area contributed by atoms with Gasteiger partial charge in [-0.3, -0.25) is 4.79 Å². The number of rotatable bonds is 4. The standard InChI is InChI=1S/C23H21N5O3/c1-16-4-2-5-17(14-16)21-25-22(31-26-21)18-7-8-20(24-15-18)27-9-11-28(12-10-27)23(29)19-6-3-13-30-19/h2-8,13-15H,9-12H2,1H3. The second-order valence-electron chi connectivity index (χ2n) is 7.45. The van der Waals surface area contributed by atoms with Crippen molar-refractivity contribution in [1.29, 1.82) is 0 Å². The van der Waals surface area contributed by atoms with Crippen LogP contribution in [-0.4, -0.2) is 52.1 Å². The Morgan fingerprint density at radius 2 is 1.87 bits per heavy atom. The first-order chi connectivity index (χ1) is 15.2. The number of carbonyl (C=O) groups is 1. The Bertz CT molecular complexity index is 1180. The van der Waals surface area contributed by atoms with E-state index in [2.05, 4.69) is 20.0 Å². The number of amides is 1. The molecule has 0 spiro atoms. The lowest BCUT2D eigenvalue weighted by Crippen LogP contribution is -2.49. The van der Waals surface area contributed by atoms with Crippen molar-refractivity contribution >= 4 is 11.7 Å². The fourth-order valence-corrected chi connectivity index (χ4v) is 3.64. The molecule has 0 saturated carbocycles. The van der Waals surface area contributed by atoms with Gasteiger partial charge in [-0.1, -0.05) is 28.9 Å². The van der Waals surface area contributed by atoms with Gasteiger partial charge in [0.15, 0.2) is 5.76 Å². The second-order valence-corrected chi connectivity index (χ2v) is 7.45. The van der Waals surface area contributed by atoms with Crippen LogP contribution in [-0.2, 0) is 0 Å². The minimum absolute atomic E-state index is 0.0752. The van der Waals surface area contributed by atoms with E-state index in [1.165, 1.54) is 6.26 Å². The molecule has 1 aromatic carbocycles. The number of pyridine rings is 1. The summed E-state index contributed by atoms with van der Waals surface area (Å²) < 4.78 is 10.7. The molecule has 31 heavy (non-hydrogen) atoms. The zero-order valence-electron chi connectivity index (χ0n) is 17.1. The Balaban J connectivity index is 1.24. The molecule has 3 aromatic heterocycles. The first kappa shape index (κ1) is 19.0. The Morgan fingerprint density at radius 3 is 2.58 bits per heavy atom. The Labute approximate surface area is 179 Å². The van der Waals surface area contributed by atoms with Crippen molar-refractivity contribution in [1.82, 2.24) is 20.0 Å². The summed E-state index contributed by atoms with van der Waals surface area (Å²) in [5, 5.41) is 4.09. The molecule has 0 atom stereocenters. The molecule has 1 aliphatic heterocycles. The molecule has 1 saturated heterocycles. The summed E-state index contributed by atoms with van der Waals surface area (Å²) in [6, 6.07) is 15.3. The van der Waals surface area contributed by atoms with Crippen molar-refractivity contribution < 1.29 is 13.7 Å². The van der Waals surface area contributed by atoms with Gasteiger partial charge in [0, 0.05) is 37.9 Å². The normalized spacial score (nSPS) is 14.1. The predicted molar refractivity (Wildman–Crippen MR) is 115 cm³/mol. The molecule has 0 radical (unpaired) electrons. The van der Waals surface area contributed by atoms with Gasteiger partial charge in [-0.25, -0.2) is 4.98 Å². The summed E-state index contributed by atoms with van der Waals surface area (Å²) in [5.41, 5.74) is 2.82. The van der Waals surface area contributed by atoms with Gasteiger partial charge >= 0.3 is 0 Å². The average Bonchev–Trinajstić information content (AvgIpc) is 3.52. The third-order valence-electron chi connectivity index (χ3n) is 5.32. The highest BCUT2D eigenvalue weighted by Crippen LogP contribution is 2.24. The van der Waals surface area contributed by atoms with Crippen molar-refractivity contribution in [3.8, 4) is 22.8 Å². The maximum Gasteiger partial charge on any atom is 0.289 e. The number of furan rings is 1. The SMILES string of the molecule is Cc1cccc(-c2noc(-c3ccc(N4CCN(C(=O)c5ccco5)CC4)nc3)n2)c1. The second kappa shape index (κ2) is 8.06. The van der Waals surface area contributed by atoms with Crippen molar-refractivity contribution in [3.63, 3.8) is 0 Å². The Hall–Kier alpha value is -3.94. The summed E-state index contributed by atoms with van der Waals surface area (Å²) >= 11 is 0. The van der Waals surface area contributed by atoms with E-state index in [1.54, 1.807) is 23.2 Å². The van der Waals surface area contributed by atoms with Crippen LogP contribution in [0.3, 0.4) is 0 Å². The fraction of sp³-hybridized carbons (Fsp3) is 0.217. The summed E-state index contributed by atoms with van der Waals surface area (Å²) in [5.74, 6) is 2.14. The molecule has 0 aliphatic carbocycles. The number of carbonyl (C=O) groups excluding carboxylic acids is 1. The maximum absolute atomic E-state index is 12.4. The maximum atomic E-state index is 12.4. The van der Waals surface area contributed by atoms with Gasteiger partial charge in [-0.2, -0.15) is 4.98 Å². The minimum Gasteiger partial charge on any atom is -0.459 e. The third kappa shape index (κ3) is 3.92. The quantitative estimate of drug-likeness (QED) is 0.502. The van der Waals surface area contributed by atoms with E-state index in [0.29, 0.717) is 43.7 Å². The van der Waals surface area contributed by atoms with Crippen molar-refractivity contribution in [2.75, 3.05) is 31.1 Å². The molecular formula is C23H21N5O3. The summed E-state index contributed by atoms with van der Waals surface area (Å²) in [4.78, 5) is 25.4. The molecule has 8 nitrogen and oxygen atoms in total. The zero-order valence-corrected chi connectivity index (χ0v) is 17.1. The summed E-state index contributed by atoms with van der Waals surface area (Å²) in [6.07, 6.45) is 3.26. The van der Waals surface area contributed by atoms with E-state index in [4.69, 9.17) is 8.94 Å². The Kier molecular flexibility index (Phi) is 4.95. The van der Waals surface area contributed by atoms with Crippen LogP contribution in [0, 0.1) is 6.92 Å².